The first-order chi connectivity index (χ1) is 17.8. The number of nitrogens with zero attached hydrogens (tertiary/aromatic N) is 1. The van der Waals surface area contributed by atoms with Gasteiger partial charge in [0.05, 0.1) is 6.26 Å². The molecule has 1 saturated carbocycles. The summed E-state index contributed by atoms with van der Waals surface area (Å²) in [6.07, 6.45) is 10.8. The highest BCUT2D eigenvalue weighted by Gasteiger charge is 2.21. The van der Waals surface area contributed by atoms with Gasteiger partial charge in [0.25, 0.3) is 0 Å². The maximum absolute atomic E-state index is 12.3. The molecule has 0 unspecified atom stereocenters. The minimum atomic E-state index is -3.30. The Labute approximate surface area is 221 Å². The van der Waals surface area contributed by atoms with Gasteiger partial charge in [0.2, 0.25) is 10.0 Å². The van der Waals surface area contributed by atoms with E-state index in [1.54, 1.807) is 24.3 Å². The van der Waals surface area contributed by atoms with Gasteiger partial charge in [-0.25, -0.2) is 13.2 Å². The summed E-state index contributed by atoms with van der Waals surface area (Å²) in [6.45, 7) is 3.56. The smallest absolute Gasteiger partial charge is 0.315 e. The van der Waals surface area contributed by atoms with Gasteiger partial charge in [-0.1, -0.05) is 44.2 Å². The number of anilines is 1. The Morgan fingerprint density at radius 2 is 1.54 bits per heavy atom. The minimum Gasteiger partial charge on any atom is -0.457 e. The Hall–Kier alpha value is -2.78. The fourth-order valence-corrected chi connectivity index (χ4v) is 5.76. The van der Waals surface area contributed by atoms with Gasteiger partial charge in [-0.3, -0.25) is 9.62 Å². The number of benzene rings is 2. The van der Waals surface area contributed by atoms with Gasteiger partial charge in [0, 0.05) is 37.9 Å². The number of amides is 2. The third-order valence-corrected chi connectivity index (χ3v) is 7.81. The zero-order valence-electron chi connectivity index (χ0n) is 21.7. The molecule has 2 aromatic rings. The van der Waals surface area contributed by atoms with Crippen LogP contribution in [0.5, 0.6) is 11.5 Å². The first-order valence-electron chi connectivity index (χ1n) is 13.4. The number of rotatable bonds is 10. The van der Waals surface area contributed by atoms with Crippen molar-refractivity contribution in [2.75, 3.05) is 30.6 Å². The Kier molecular flexibility index (Phi) is 9.68. The number of sulfonamides is 1. The third-order valence-electron chi connectivity index (χ3n) is 7.21. The second kappa shape index (κ2) is 13.1. The van der Waals surface area contributed by atoms with Crippen LogP contribution in [-0.2, 0) is 16.6 Å². The molecule has 2 aromatic carbocycles. The van der Waals surface area contributed by atoms with E-state index in [0.717, 1.165) is 63.4 Å². The molecule has 3 N–H and O–H groups in total. The average Bonchev–Trinajstić information content (AvgIpc) is 2.87. The monoisotopic (exact) mass is 528 g/mol. The van der Waals surface area contributed by atoms with Crippen LogP contribution in [-0.4, -0.2) is 51.3 Å². The maximum Gasteiger partial charge on any atom is 0.315 e. The average molecular weight is 529 g/mol. The van der Waals surface area contributed by atoms with Crippen LogP contribution >= 0.6 is 0 Å². The largest absolute Gasteiger partial charge is 0.457 e. The van der Waals surface area contributed by atoms with Crippen molar-refractivity contribution in [3.63, 3.8) is 0 Å². The lowest BCUT2D eigenvalue weighted by molar-refractivity contribution is 0.186. The number of likely N-dealkylation sites (tertiary alicyclic amines) is 1. The Morgan fingerprint density at radius 3 is 2.16 bits per heavy atom. The van der Waals surface area contributed by atoms with Crippen molar-refractivity contribution in [3.8, 4) is 11.5 Å². The topological polar surface area (TPSA) is 99.8 Å². The van der Waals surface area contributed by atoms with E-state index in [9.17, 15) is 13.2 Å². The fraction of sp³-hybridized carbons (Fsp3) is 0.536. The summed E-state index contributed by atoms with van der Waals surface area (Å²) in [5, 5.41) is 6.22. The predicted octanol–water partition coefficient (Wildman–Crippen LogP) is 5.08. The molecule has 2 amide bonds. The van der Waals surface area contributed by atoms with Crippen molar-refractivity contribution in [3.05, 3.63) is 54.1 Å². The van der Waals surface area contributed by atoms with E-state index in [4.69, 9.17) is 4.74 Å². The lowest BCUT2D eigenvalue weighted by Gasteiger charge is -2.32. The van der Waals surface area contributed by atoms with E-state index in [0.29, 0.717) is 11.4 Å². The van der Waals surface area contributed by atoms with Gasteiger partial charge in [0.1, 0.15) is 11.5 Å². The highest BCUT2D eigenvalue weighted by Crippen LogP contribution is 2.26. The molecule has 1 heterocycles. The van der Waals surface area contributed by atoms with Crippen LogP contribution in [0.2, 0.25) is 0 Å². The van der Waals surface area contributed by atoms with E-state index in [1.165, 1.54) is 37.7 Å². The fourth-order valence-electron chi connectivity index (χ4n) is 5.20. The Balaban J connectivity index is 1.14. The molecule has 0 atom stereocenters. The predicted molar refractivity (Wildman–Crippen MR) is 147 cm³/mol. The third kappa shape index (κ3) is 9.55. The van der Waals surface area contributed by atoms with Crippen molar-refractivity contribution in [2.45, 2.75) is 64.0 Å². The highest BCUT2D eigenvalue weighted by molar-refractivity contribution is 7.92. The molecule has 0 bridgehead atoms. The molecule has 2 aliphatic rings. The molecule has 1 aliphatic carbocycles. The number of urea groups is 1. The summed E-state index contributed by atoms with van der Waals surface area (Å²) in [5.41, 5.74) is 1.71. The molecule has 9 heteroatoms. The minimum absolute atomic E-state index is 0.0221. The van der Waals surface area contributed by atoms with Gasteiger partial charge in [-0.05, 0) is 67.1 Å². The normalized spacial score (nSPS) is 17.8. The lowest BCUT2D eigenvalue weighted by atomic mass is 9.87. The SMILES string of the molecule is CS(=O)(=O)Nc1ccc(Oc2ccc(CN3CCC(NC(=O)NCCC4CCCCC4)CC3)cc2)cc1. The molecular formula is C28H40N4O4S. The van der Waals surface area contributed by atoms with E-state index >= 15 is 0 Å². The maximum atomic E-state index is 12.3. The zero-order chi connectivity index (χ0) is 26.1. The van der Waals surface area contributed by atoms with Gasteiger partial charge < -0.3 is 15.4 Å². The second-order valence-corrected chi connectivity index (χ2v) is 12.1. The molecule has 0 spiro atoms. The van der Waals surface area contributed by atoms with Crippen LogP contribution in [0.1, 0.15) is 56.9 Å². The number of nitrogens with one attached hydrogen (secondary N) is 3. The van der Waals surface area contributed by atoms with E-state index in [-0.39, 0.29) is 12.1 Å². The quantitative estimate of drug-likeness (QED) is 0.399. The summed E-state index contributed by atoms with van der Waals surface area (Å²) in [6, 6.07) is 15.1. The Morgan fingerprint density at radius 1 is 0.919 bits per heavy atom. The molecule has 2 fully saturated rings. The number of carbonyl (C=O) groups excluding carboxylic acids is 1. The van der Waals surface area contributed by atoms with Crippen LogP contribution in [0.4, 0.5) is 10.5 Å². The van der Waals surface area contributed by atoms with Crippen LogP contribution < -0.4 is 20.1 Å². The van der Waals surface area contributed by atoms with E-state index in [2.05, 4.69) is 32.4 Å². The molecular weight excluding hydrogens is 488 g/mol. The molecule has 0 aromatic heterocycles. The summed E-state index contributed by atoms with van der Waals surface area (Å²) < 4.78 is 31.0. The van der Waals surface area contributed by atoms with E-state index in [1.807, 2.05) is 12.1 Å². The molecule has 1 saturated heterocycles. The molecule has 4 rings (SSSR count). The van der Waals surface area contributed by atoms with Gasteiger partial charge in [-0.15, -0.1) is 0 Å². The van der Waals surface area contributed by atoms with Crippen LogP contribution in [0, 0.1) is 5.92 Å². The molecule has 1 aliphatic heterocycles. The van der Waals surface area contributed by atoms with E-state index < -0.39 is 10.0 Å². The Bertz CT molecular complexity index is 1090. The van der Waals surface area contributed by atoms with Gasteiger partial charge >= 0.3 is 6.03 Å². The zero-order valence-corrected chi connectivity index (χ0v) is 22.6. The summed E-state index contributed by atoms with van der Waals surface area (Å²) in [7, 11) is -3.30. The molecule has 8 nitrogen and oxygen atoms in total. The summed E-state index contributed by atoms with van der Waals surface area (Å²) in [5.74, 6) is 2.15. The van der Waals surface area contributed by atoms with Crippen molar-refractivity contribution in [2.24, 2.45) is 5.92 Å². The van der Waals surface area contributed by atoms with Crippen LogP contribution in [0.15, 0.2) is 48.5 Å². The highest BCUT2D eigenvalue weighted by atomic mass is 32.2. The first kappa shape index (κ1) is 27.3. The standard InChI is InChI=1S/C28H40N4O4S/c1-37(34,35)31-25-9-13-27(14-10-25)36-26-11-7-23(8-12-26)21-32-19-16-24(17-20-32)30-28(33)29-18-15-22-5-3-2-4-6-22/h7-14,22,24,31H,2-6,15-21H2,1H3,(H2,29,30,33). The van der Waals surface area contributed by atoms with Crippen molar-refractivity contribution < 1.29 is 17.9 Å². The van der Waals surface area contributed by atoms with Crippen molar-refractivity contribution in [1.82, 2.24) is 15.5 Å². The molecule has 37 heavy (non-hydrogen) atoms. The summed E-state index contributed by atoms with van der Waals surface area (Å²) in [4.78, 5) is 14.7. The molecule has 0 radical (unpaired) electrons. The number of ether oxygens (including phenoxy) is 1. The van der Waals surface area contributed by atoms with Crippen molar-refractivity contribution >= 4 is 21.7 Å². The summed E-state index contributed by atoms with van der Waals surface area (Å²) >= 11 is 0. The van der Waals surface area contributed by atoms with Crippen LogP contribution in [0.25, 0.3) is 0 Å². The number of piperidine rings is 1. The number of carbonyl (C=O) groups is 1. The van der Waals surface area contributed by atoms with Gasteiger partial charge in [0.15, 0.2) is 0 Å². The molecule has 202 valence electrons. The number of hydrogen-bond acceptors (Lipinski definition) is 5. The second-order valence-electron chi connectivity index (χ2n) is 10.4. The lowest BCUT2D eigenvalue weighted by Crippen LogP contribution is -2.48. The van der Waals surface area contributed by atoms with Crippen LogP contribution in [0.3, 0.4) is 0 Å². The first-order valence-corrected chi connectivity index (χ1v) is 15.3. The van der Waals surface area contributed by atoms with Gasteiger partial charge in [-0.2, -0.15) is 0 Å². The number of hydrogen-bond donors (Lipinski definition) is 3. The van der Waals surface area contributed by atoms with Crippen molar-refractivity contribution in [1.29, 1.82) is 0 Å².